The van der Waals surface area contributed by atoms with Crippen LogP contribution in [0.1, 0.15) is 37.2 Å². The highest BCUT2D eigenvalue weighted by atomic mass is 19.4. The van der Waals surface area contributed by atoms with Gasteiger partial charge >= 0.3 is 6.18 Å². The molecule has 10 heteroatoms. The molecule has 0 amide bonds. The van der Waals surface area contributed by atoms with Crippen LogP contribution in [-0.4, -0.2) is 31.6 Å². The van der Waals surface area contributed by atoms with Crippen LogP contribution in [0.4, 0.5) is 13.2 Å². The van der Waals surface area contributed by atoms with Gasteiger partial charge in [0.05, 0.1) is 29.1 Å². The summed E-state index contributed by atoms with van der Waals surface area (Å²) in [5.41, 5.74) is -0.194. The minimum Gasteiger partial charge on any atom is -0.337 e. The van der Waals surface area contributed by atoms with Gasteiger partial charge in [-0.2, -0.15) is 18.2 Å². The summed E-state index contributed by atoms with van der Waals surface area (Å²) in [6.07, 6.45) is -4.46. The molecule has 0 radical (unpaired) electrons. The van der Waals surface area contributed by atoms with Crippen LogP contribution in [0.3, 0.4) is 0 Å². The molecule has 1 N–H and O–H groups in total. The van der Waals surface area contributed by atoms with Crippen LogP contribution in [0.2, 0.25) is 0 Å². The van der Waals surface area contributed by atoms with Gasteiger partial charge in [0, 0.05) is 5.56 Å². The maximum atomic E-state index is 13.0. The summed E-state index contributed by atoms with van der Waals surface area (Å²) in [5.74, 6) is 0.814. The third-order valence-electron chi connectivity index (χ3n) is 5.22. The summed E-state index contributed by atoms with van der Waals surface area (Å²) in [6.45, 7) is 4.67. The van der Waals surface area contributed by atoms with Gasteiger partial charge in [-0.15, -0.1) is 0 Å². The normalized spacial score (nSPS) is 13.1. The number of H-pyrrole nitrogens is 1. The van der Waals surface area contributed by atoms with Gasteiger partial charge in [-0.05, 0) is 37.7 Å². The largest absolute Gasteiger partial charge is 0.416 e. The van der Waals surface area contributed by atoms with E-state index in [0.29, 0.717) is 29.8 Å². The number of nitrogens with zero attached hydrogens (tertiary/aromatic N) is 4. The minimum absolute atomic E-state index is 0.0752. The topological polar surface area (TPSA) is 87.9 Å². The number of fused-ring (bicyclic) bond motifs is 1. The number of halogens is 3. The number of hydrogen-bond acceptors (Lipinski definition) is 6. The van der Waals surface area contributed by atoms with Crippen molar-refractivity contribution < 1.29 is 17.7 Å². The van der Waals surface area contributed by atoms with Crippen molar-refractivity contribution in [3.8, 4) is 11.4 Å². The van der Waals surface area contributed by atoms with Crippen molar-refractivity contribution in [2.24, 2.45) is 0 Å². The zero-order valence-electron chi connectivity index (χ0n) is 17.3. The van der Waals surface area contributed by atoms with Crippen LogP contribution in [0.5, 0.6) is 0 Å². The van der Waals surface area contributed by atoms with E-state index in [1.54, 1.807) is 18.2 Å². The van der Waals surface area contributed by atoms with E-state index in [-0.39, 0.29) is 28.9 Å². The number of aromatic nitrogens is 4. The van der Waals surface area contributed by atoms with Crippen LogP contribution in [0, 0.1) is 0 Å². The highest BCUT2D eigenvalue weighted by molar-refractivity contribution is 5.77. The molecule has 0 aliphatic rings. The Balaban J connectivity index is 1.57. The Labute approximate surface area is 180 Å². The molecule has 2 heterocycles. The first kappa shape index (κ1) is 21.7. The highest BCUT2D eigenvalue weighted by Crippen LogP contribution is 2.32. The van der Waals surface area contributed by atoms with Crippen LogP contribution in [-0.2, 0) is 12.7 Å². The number of nitrogens with one attached hydrogen (secondary N) is 1. The smallest absolute Gasteiger partial charge is 0.337 e. The molecule has 0 saturated heterocycles. The number of hydrogen-bond donors (Lipinski definition) is 1. The number of benzene rings is 2. The third kappa shape index (κ3) is 4.40. The van der Waals surface area contributed by atoms with Crippen LogP contribution in [0.25, 0.3) is 22.3 Å². The van der Waals surface area contributed by atoms with Crippen LogP contribution < -0.4 is 5.56 Å². The molecular formula is C22H20F3N5O2. The first-order valence-electron chi connectivity index (χ1n) is 9.99. The molecule has 0 aliphatic carbocycles. The van der Waals surface area contributed by atoms with E-state index in [4.69, 9.17) is 4.52 Å². The zero-order valence-corrected chi connectivity index (χ0v) is 17.3. The van der Waals surface area contributed by atoms with Crippen molar-refractivity contribution in [2.45, 2.75) is 32.6 Å². The quantitative estimate of drug-likeness (QED) is 0.470. The minimum atomic E-state index is -4.46. The summed E-state index contributed by atoms with van der Waals surface area (Å²) in [5, 5.41) is 4.37. The predicted molar refractivity (Wildman–Crippen MR) is 112 cm³/mol. The molecule has 1 unspecified atom stereocenters. The zero-order chi connectivity index (χ0) is 22.9. The molecule has 0 fully saturated rings. The molecule has 4 aromatic rings. The lowest BCUT2D eigenvalue weighted by Crippen LogP contribution is -2.28. The van der Waals surface area contributed by atoms with E-state index < -0.39 is 11.7 Å². The summed E-state index contributed by atoms with van der Waals surface area (Å²) < 4.78 is 44.3. The average Bonchev–Trinajstić information content (AvgIpc) is 3.27. The Morgan fingerprint density at radius 1 is 1.12 bits per heavy atom. The van der Waals surface area contributed by atoms with Crippen molar-refractivity contribution >= 4 is 10.9 Å². The molecule has 0 aliphatic heterocycles. The van der Waals surface area contributed by atoms with Gasteiger partial charge in [0.2, 0.25) is 11.7 Å². The molecule has 0 bridgehead atoms. The lowest BCUT2D eigenvalue weighted by Gasteiger charge is -2.24. The molecule has 7 nitrogen and oxygen atoms in total. The molecular weight excluding hydrogens is 423 g/mol. The fourth-order valence-corrected chi connectivity index (χ4v) is 3.44. The third-order valence-corrected chi connectivity index (χ3v) is 5.22. The average molecular weight is 443 g/mol. The Kier molecular flexibility index (Phi) is 5.79. The summed E-state index contributed by atoms with van der Waals surface area (Å²) in [6, 6.07) is 11.5. The van der Waals surface area contributed by atoms with Gasteiger partial charge < -0.3 is 9.51 Å². The molecule has 166 valence electrons. The maximum absolute atomic E-state index is 13.0. The Morgan fingerprint density at radius 3 is 2.66 bits per heavy atom. The van der Waals surface area contributed by atoms with E-state index in [1.807, 2.05) is 24.8 Å². The SMILES string of the molecule is CCN(Cc1nc2ccccc2c(=O)[nH]1)C(C)c1nc(-c2cccc(C(F)(F)F)c2)no1. The Bertz CT molecular complexity index is 1300. The standard InChI is InChI=1S/C22H20F3N5O2/c1-3-30(12-18-26-17-10-5-4-9-16(17)20(31)27-18)13(2)21-28-19(29-32-21)14-7-6-8-15(11-14)22(23,24)25/h4-11,13H,3,12H2,1-2H3,(H,26,27,31). The van der Waals surface area contributed by atoms with Crippen LogP contribution >= 0.6 is 0 Å². The van der Waals surface area contributed by atoms with Gasteiger partial charge in [-0.3, -0.25) is 9.69 Å². The molecule has 2 aromatic heterocycles. The van der Waals surface area contributed by atoms with Crippen molar-refractivity contribution in [1.82, 2.24) is 25.0 Å². The number of para-hydroxylation sites is 1. The lowest BCUT2D eigenvalue weighted by atomic mass is 10.1. The van der Waals surface area contributed by atoms with Gasteiger partial charge in [0.15, 0.2) is 0 Å². The van der Waals surface area contributed by atoms with Gasteiger partial charge in [-0.1, -0.05) is 36.3 Å². The first-order chi connectivity index (χ1) is 15.3. The van der Waals surface area contributed by atoms with Crippen molar-refractivity contribution in [3.05, 3.63) is 76.2 Å². The number of aromatic amines is 1. The van der Waals surface area contributed by atoms with Crippen molar-refractivity contribution in [1.29, 1.82) is 0 Å². The highest BCUT2D eigenvalue weighted by Gasteiger charge is 2.31. The van der Waals surface area contributed by atoms with Crippen molar-refractivity contribution in [2.75, 3.05) is 6.54 Å². The summed E-state index contributed by atoms with van der Waals surface area (Å²) >= 11 is 0. The number of rotatable bonds is 6. The lowest BCUT2D eigenvalue weighted by molar-refractivity contribution is -0.137. The summed E-state index contributed by atoms with van der Waals surface area (Å²) in [4.78, 5) is 25.9. The molecule has 0 saturated carbocycles. The van der Waals surface area contributed by atoms with E-state index in [1.165, 1.54) is 12.1 Å². The van der Waals surface area contributed by atoms with Gasteiger partial charge in [-0.25, -0.2) is 4.98 Å². The molecule has 4 rings (SSSR count). The van der Waals surface area contributed by atoms with Gasteiger partial charge in [0.25, 0.3) is 5.56 Å². The molecule has 32 heavy (non-hydrogen) atoms. The monoisotopic (exact) mass is 443 g/mol. The molecule has 0 spiro atoms. The van der Waals surface area contributed by atoms with E-state index >= 15 is 0 Å². The second-order valence-electron chi connectivity index (χ2n) is 7.30. The fraction of sp³-hybridized carbons (Fsp3) is 0.273. The second kappa shape index (κ2) is 8.54. The van der Waals surface area contributed by atoms with Crippen LogP contribution in [0.15, 0.2) is 57.8 Å². The molecule has 1 atom stereocenters. The predicted octanol–water partition coefficient (Wildman–Crippen LogP) is 4.58. The molecule has 2 aromatic carbocycles. The summed E-state index contributed by atoms with van der Waals surface area (Å²) in [7, 11) is 0. The fourth-order valence-electron chi connectivity index (χ4n) is 3.44. The van der Waals surface area contributed by atoms with Crippen molar-refractivity contribution in [3.63, 3.8) is 0 Å². The number of alkyl halides is 3. The second-order valence-corrected chi connectivity index (χ2v) is 7.30. The van der Waals surface area contributed by atoms with E-state index in [2.05, 4.69) is 20.1 Å². The Hall–Kier alpha value is -3.53. The maximum Gasteiger partial charge on any atom is 0.416 e. The Morgan fingerprint density at radius 2 is 1.91 bits per heavy atom. The first-order valence-corrected chi connectivity index (χ1v) is 9.99. The van der Waals surface area contributed by atoms with Gasteiger partial charge in [0.1, 0.15) is 5.82 Å². The van der Waals surface area contributed by atoms with E-state index in [0.717, 1.165) is 12.1 Å². The van der Waals surface area contributed by atoms with E-state index in [9.17, 15) is 18.0 Å².